The van der Waals surface area contributed by atoms with Crippen LogP contribution in [0.2, 0.25) is 0 Å². The number of nitrogens with two attached hydrogens (primary N) is 1. The Balaban J connectivity index is 3.00. The van der Waals surface area contributed by atoms with Crippen molar-refractivity contribution < 1.29 is 19.1 Å². The molecule has 0 fully saturated rings. The number of nitrogen functional groups attached to an aromatic ring is 1. The first-order chi connectivity index (χ1) is 7.84. The van der Waals surface area contributed by atoms with E-state index in [2.05, 4.69) is 0 Å². The number of halogens is 1. The maximum atomic E-state index is 13.5. The third kappa shape index (κ3) is 2.72. The van der Waals surface area contributed by atoms with Gasteiger partial charge < -0.3 is 15.7 Å². The minimum Gasteiger partial charge on any atom is -0.480 e. The Morgan fingerprint density at radius 3 is 2.53 bits per heavy atom. The van der Waals surface area contributed by atoms with Crippen molar-refractivity contribution in [2.45, 2.75) is 13.0 Å². The maximum Gasteiger partial charge on any atom is 0.326 e. The van der Waals surface area contributed by atoms with E-state index in [0.717, 1.165) is 11.0 Å². The molecule has 17 heavy (non-hydrogen) atoms. The molecule has 0 heterocycles. The Bertz CT molecular complexity index is 462. The van der Waals surface area contributed by atoms with Crippen molar-refractivity contribution in [1.29, 1.82) is 0 Å². The van der Waals surface area contributed by atoms with Crippen molar-refractivity contribution in [2.75, 3.05) is 12.8 Å². The van der Waals surface area contributed by atoms with Gasteiger partial charge in [0.05, 0.1) is 5.56 Å². The highest BCUT2D eigenvalue weighted by Gasteiger charge is 2.24. The van der Waals surface area contributed by atoms with Crippen LogP contribution in [0.3, 0.4) is 0 Å². The number of aliphatic carboxylic acids is 1. The lowest BCUT2D eigenvalue weighted by Gasteiger charge is -2.21. The third-order valence-electron chi connectivity index (χ3n) is 2.48. The van der Waals surface area contributed by atoms with E-state index in [0.29, 0.717) is 0 Å². The first kappa shape index (κ1) is 13.0. The zero-order valence-corrected chi connectivity index (χ0v) is 9.48. The molecule has 0 saturated carbocycles. The van der Waals surface area contributed by atoms with Gasteiger partial charge in [-0.15, -0.1) is 0 Å². The molecule has 0 radical (unpaired) electrons. The zero-order chi connectivity index (χ0) is 13.2. The van der Waals surface area contributed by atoms with E-state index in [1.54, 1.807) is 0 Å². The number of likely N-dealkylation sites (N-methyl/N-ethyl adjacent to an activating group) is 1. The molecule has 5 nitrogen and oxygen atoms in total. The van der Waals surface area contributed by atoms with Crippen molar-refractivity contribution in [3.63, 3.8) is 0 Å². The Morgan fingerprint density at radius 2 is 2.06 bits per heavy atom. The Labute approximate surface area is 97.6 Å². The average Bonchev–Trinajstić information content (AvgIpc) is 2.26. The fraction of sp³-hybridized carbons (Fsp3) is 0.273. The molecule has 1 aromatic rings. The lowest BCUT2D eigenvalue weighted by molar-refractivity contribution is -0.141. The number of carboxylic acids is 1. The first-order valence-corrected chi connectivity index (χ1v) is 4.89. The smallest absolute Gasteiger partial charge is 0.326 e. The van der Waals surface area contributed by atoms with Gasteiger partial charge in [0.25, 0.3) is 5.91 Å². The highest BCUT2D eigenvalue weighted by atomic mass is 19.1. The zero-order valence-electron chi connectivity index (χ0n) is 9.48. The van der Waals surface area contributed by atoms with E-state index in [1.165, 1.54) is 26.1 Å². The van der Waals surface area contributed by atoms with Crippen LogP contribution < -0.4 is 5.73 Å². The number of hydrogen-bond acceptors (Lipinski definition) is 3. The second kappa shape index (κ2) is 4.82. The summed E-state index contributed by atoms with van der Waals surface area (Å²) in [7, 11) is 1.30. The van der Waals surface area contributed by atoms with Gasteiger partial charge in [-0.25, -0.2) is 9.18 Å². The summed E-state index contributed by atoms with van der Waals surface area (Å²) >= 11 is 0. The first-order valence-electron chi connectivity index (χ1n) is 4.89. The molecule has 3 N–H and O–H groups in total. The Kier molecular flexibility index (Phi) is 3.67. The minimum absolute atomic E-state index is 0.199. The van der Waals surface area contributed by atoms with E-state index in [-0.39, 0.29) is 11.3 Å². The summed E-state index contributed by atoms with van der Waals surface area (Å²) in [6.45, 7) is 1.34. The molecule has 1 aromatic carbocycles. The molecule has 0 aliphatic carbocycles. The summed E-state index contributed by atoms with van der Waals surface area (Å²) in [5.74, 6) is -2.62. The number of benzene rings is 1. The van der Waals surface area contributed by atoms with Crippen molar-refractivity contribution in [2.24, 2.45) is 0 Å². The molecule has 1 rings (SSSR count). The van der Waals surface area contributed by atoms with Gasteiger partial charge in [0.15, 0.2) is 0 Å². The van der Waals surface area contributed by atoms with Crippen molar-refractivity contribution >= 4 is 17.6 Å². The quantitative estimate of drug-likeness (QED) is 0.770. The molecule has 0 spiro atoms. The van der Waals surface area contributed by atoms with Crippen LogP contribution in [0.25, 0.3) is 0 Å². The molecule has 0 aromatic heterocycles. The van der Waals surface area contributed by atoms with Crippen LogP contribution in [-0.2, 0) is 4.79 Å². The summed E-state index contributed by atoms with van der Waals surface area (Å²) in [5.41, 5.74) is 5.36. The summed E-state index contributed by atoms with van der Waals surface area (Å²) in [6, 6.07) is 2.61. The number of amides is 1. The van der Waals surface area contributed by atoms with E-state index in [4.69, 9.17) is 10.8 Å². The van der Waals surface area contributed by atoms with Crippen molar-refractivity contribution in [3.05, 3.63) is 29.6 Å². The van der Waals surface area contributed by atoms with Gasteiger partial charge in [0, 0.05) is 12.7 Å². The number of nitrogens with zero attached hydrogens (tertiary/aromatic N) is 1. The Morgan fingerprint density at radius 1 is 1.47 bits per heavy atom. The highest BCUT2D eigenvalue weighted by Crippen LogP contribution is 2.14. The monoisotopic (exact) mass is 240 g/mol. The van der Waals surface area contributed by atoms with Crippen molar-refractivity contribution in [3.8, 4) is 0 Å². The number of rotatable bonds is 3. The molecule has 6 heteroatoms. The average molecular weight is 240 g/mol. The predicted octanol–water partition coefficient (Wildman–Crippen LogP) is 0.953. The largest absolute Gasteiger partial charge is 0.480 e. The SMILES string of the molecule is CC(C(=O)O)N(C)C(=O)c1ccc(N)cc1F. The van der Waals surface area contributed by atoms with Crippen molar-refractivity contribution in [1.82, 2.24) is 4.90 Å². The van der Waals surface area contributed by atoms with E-state index in [1.807, 2.05) is 0 Å². The predicted molar refractivity (Wildman–Crippen MR) is 60.0 cm³/mol. The number of carbonyl (C=O) groups excluding carboxylic acids is 1. The molecule has 1 unspecified atom stereocenters. The summed E-state index contributed by atoms with van der Waals surface area (Å²) in [5, 5.41) is 8.75. The second-order valence-electron chi connectivity index (χ2n) is 3.67. The molecule has 92 valence electrons. The maximum absolute atomic E-state index is 13.5. The minimum atomic E-state index is -1.16. The van der Waals surface area contributed by atoms with Crippen LogP contribution in [0.4, 0.5) is 10.1 Å². The lowest BCUT2D eigenvalue weighted by atomic mass is 10.1. The summed E-state index contributed by atoms with van der Waals surface area (Å²) in [6.07, 6.45) is 0. The fourth-order valence-electron chi connectivity index (χ4n) is 1.24. The number of hydrogen-bond donors (Lipinski definition) is 2. The van der Waals surface area contributed by atoms with Crippen LogP contribution in [0, 0.1) is 5.82 Å². The molecular weight excluding hydrogens is 227 g/mol. The van der Waals surface area contributed by atoms with Crippen LogP contribution in [0.1, 0.15) is 17.3 Å². The van der Waals surface area contributed by atoms with Gasteiger partial charge in [-0.2, -0.15) is 0 Å². The lowest BCUT2D eigenvalue weighted by Crippen LogP contribution is -2.40. The summed E-state index contributed by atoms with van der Waals surface area (Å²) < 4.78 is 13.5. The van der Waals surface area contributed by atoms with E-state index < -0.39 is 23.7 Å². The topological polar surface area (TPSA) is 83.6 Å². The third-order valence-corrected chi connectivity index (χ3v) is 2.48. The second-order valence-corrected chi connectivity index (χ2v) is 3.67. The van der Waals surface area contributed by atoms with Gasteiger partial charge in [0.1, 0.15) is 11.9 Å². The molecule has 0 saturated heterocycles. The van der Waals surface area contributed by atoms with Crippen LogP contribution in [0.15, 0.2) is 18.2 Å². The number of anilines is 1. The van der Waals surface area contributed by atoms with Gasteiger partial charge >= 0.3 is 5.97 Å². The normalized spacial score (nSPS) is 11.9. The molecular formula is C11H13FN2O3. The summed E-state index contributed by atoms with van der Waals surface area (Å²) in [4.78, 5) is 23.5. The highest BCUT2D eigenvalue weighted by molar-refractivity contribution is 5.96. The van der Waals surface area contributed by atoms with Gasteiger partial charge in [-0.05, 0) is 25.1 Å². The molecule has 1 amide bonds. The molecule has 1 atom stereocenters. The van der Waals surface area contributed by atoms with Gasteiger partial charge in [-0.1, -0.05) is 0 Å². The van der Waals surface area contributed by atoms with Gasteiger partial charge in [0.2, 0.25) is 0 Å². The molecule has 0 bridgehead atoms. The van der Waals surface area contributed by atoms with Crippen LogP contribution >= 0.6 is 0 Å². The molecule has 0 aliphatic heterocycles. The van der Waals surface area contributed by atoms with E-state index in [9.17, 15) is 14.0 Å². The number of carbonyl (C=O) groups is 2. The van der Waals surface area contributed by atoms with Crippen LogP contribution in [-0.4, -0.2) is 35.0 Å². The molecule has 0 aliphatic rings. The standard InChI is InChI=1S/C11H13FN2O3/c1-6(11(16)17)14(2)10(15)8-4-3-7(13)5-9(8)12/h3-6H,13H2,1-2H3,(H,16,17). The van der Waals surface area contributed by atoms with Gasteiger partial charge in [-0.3, -0.25) is 4.79 Å². The van der Waals surface area contributed by atoms with Crippen LogP contribution in [0.5, 0.6) is 0 Å². The number of carboxylic acid groups (broad SMARTS) is 1. The fourth-order valence-corrected chi connectivity index (χ4v) is 1.24. The van der Waals surface area contributed by atoms with E-state index >= 15 is 0 Å². The Hall–Kier alpha value is -2.11.